The lowest BCUT2D eigenvalue weighted by Gasteiger charge is -2.40. The molecule has 30 heavy (non-hydrogen) atoms. The van der Waals surface area contributed by atoms with Crippen LogP contribution in [0.15, 0.2) is 12.1 Å². The van der Waals surface area contributed by atoms with E-state index in [2.05, 4.69) is 17.4 Å². The number of ether oxygens (including phenoxy) is 1. The van der Waals surface area contributed by atoms with Gasteiger partial charge in [0.1, 0.15) is 6.04 Å². The molecule has 8 nitrogen and oxygen atoms in total. The highest BCUT2D eigenvalue weighted by atomic mass is 16.5. The first-order valence-electron chi connectivity index (χ1n) is 10.9. The lowest BCUT2D eigenvalue weighted by molar-refractivity contribution is -0.145. The molecule has 2 aliphatic rings. The molecule has 2 amide bonds. The number of aryl methyl sites for hydroxylation is 3. The van der Waals surface area contributed by atoms with Gasteiger partial charge >= 0.3 is 12.1 Å². The third-order valence-corrected chi connectivity index (χ3v) is 5.76. The number of carboxylic acid groups (broad SMARTS) is 1. The van der Waals surface area contributed by atoms with Crippen LogP contribution >= 0.6 is 0 Å². The Bertz CT molecular complexity index is 776. The first-order valence-corrected chi connectivity index (χ1v) is 10.9. The Hall–Kier alpha value is -2.64. The van der Waals surface area contributed by atoms with E-state index in [0.717, 1.165) is 31.4 Å². The summed E-state index contributed by atoms with van der Waals surface area (Å²) in [5.74, 6) is -1.11. The zero-order valence-electron chi connectivity index (χ0n) is 17.6. The van der Waals surface area contributed by atoms with Crippen molar-refractivity contribution in [3.63, 3.8) is 0 Å². The van der Waals surface area contributed by atoms with Crippen LogP contribution in [0.2, 0.25) is 0 Å². The number of fused-ring (bicyclic) bond motifs is 1. The molecule has 1 aromatic rings. The summed E-state index contributed by atoms with van der Waals surface area (Å²) in [5.41, 5.74) is 3.74. The van der Waals surface area contributed by atoms with Gasteiger partial charge in [-0.25, -0.2) is 9.59 Å². The van der Waals surface area contributed by atoms with Gasteiger partial charge in [0, 0.05) is 24.5 Å². The largest absolute Gasteiger partial charge is 0.480 e. The van der Waals surface area contributed by atoms with Crippen molar-refractivity contribution in [2.75, 3.05) is 19.7 Å². The van der Waals surface area contributed by atoms with Gasteiger partial charge in [0.05, 0.1) is 13.0 Å². The number of amides is 2. The molecule has 1 aliphatic carbocycles. The van der Waals surface area contributed by atoms with Crippen LogP contribution in [0.4, 0.5) is 4.79 Å². The number of carboxylic acids is 1. The van der Waals surface area contributed by atoms with Crippen molar-refractivity contribution < 1.29 is 24.2 Å². The number of hydrogen-bond acceptors (Lipinski definition) is 5. The number of nitrogens with zero attached hydrogens (tertiary/aromatic N) is 2. The number of nitrogens with one attached hydrogen (secondary N) is 1. The predicted octanol–water partition coefficient (Wildman–Crippen LogP) is 2.33. The first kappa shape index (κ1) is 22.1. The molecule has 0 unspecified atom stereocenters. The van der Waals surface area contributed by atoms with Gasteiger partial charge in [-0.05, 0) is 62.5 Å². The van der Waals surface area contributed by atoms with E-state index in [9.17, 15) is 19.5 Å². The number of likely N-dealkylation sites (tertiary alicyclic amines) is 1. The zero-order valence-corrected chi connectivity index (χ0v) is 17.6. The fourth-order valence-corrected chi connectivity index (χ4v) is 3.96. The highest BCUT2D eigenvalue weighted by Gasteiger charge is 2.33. The van der Waals surface area contributed by atoms with Crippen molar-refractivity contribution in [3.05, 3.63) is 29.1 Å². The fourth-order valence-electron chi connectivity index (χ4n) is 3.96. The second kappa shape index (κ2) is 10.4. The first-order chi connectivity index (χ1) is 14.5. The number of rotatable bonds is 9. The average Bonchev–Trinajstić information content (AvgIpc) is 2.70. The number of pyridine rings is 1. The lowest BCUT2D eigenvalue weighted by Crippen LogP contribution is -2.53. The summed E-state index contributed by atoms with van der Waals surface area (Å²) in [6.07, 6.45) is 6.07. The van der Waals surface area contributed by atoms with Crippen LogP contribution in [-0.4, -0.2) is 58.7 Å². The molecule has 0 aromatic carbocycles. The van der Waals surface area contributed by atoms with Gasteiger partial charge in [0.25, 0.3) is 0 Å². The van der Waals surface area contributed by atoms with Gasteiger partial charge in [0.2, 0.25) is 5.91 Å². The summed E-state index contributed by atoms with van der Waals surface area (Å²) in [5, 5.41) is 11.5. The monoisotopic (exact) mass is 417 g/mol. The molecule has 1 saturated heterocycles. The zero-order chi connectivity index (χ0) is 21.5. The van der Waals surface area contributed by atoms with Gasteiger partial charge in [0.15, 0.2) is 0 Å². The number of carbonyl (C=O) groups excluding carboxylic acids is 2. The second-order valence-electron chi connectivity index (χ2n) is 8.19. The molecule has 0 spiro atoms. The number of hydrogen-bond donors (Lipinski definition) is 2. The minimum Gasteiger partial charge on any atom is -0.480 e. The van der Waals surface area contributed by atoms with Gasteiger partial charge in [-0.1, -0.05) is 13.0 Å². The van der Waals surface area contributed by atoms with Crippen LogP contribution in [0.1, 0.15) is 56.0 Å². The summed E-state index contributed by atoms with van der Waals surface area (Å²) in [6, 6.07) is 3.05. The summed E-state index contributed by atoms with van der Waals surface area (Å²) in [4.78, 5) is 41.8. The smallest absolute Gasteiger partial charge is 0.407 e. The second-order valence-corrected chi connectivity index (χ2v) is 8.19. The average molecular weight is 418 g/mol. The van der Waals surface area contributed by atoms with Gasteiger partial charge < -0.3 is 20.1 Å². The summed E-state index contributed by atoms with van der Waals surface area (Å²) in [7, 11) is 0. The van der Waals surface area contributed by atoms with Crippen LogP contribution in [0.5, 0.6) is 0 Å². The Balaban J connectivity index is 1.40. The third kappa shape index (κ3) is 5.93. The third-order valence-electron chi connectivity index (χ3n) is 5.76. The molecule has 8 heteroatoms. The van der Waals surface area contributed by atoms with Crippen LogP contribution < -0.4 is 5.32 Å². The Morgan fingerprint density at radius 2 is 2.03 bits per heavy atom. The predicted molar refractivity (Wildman–Crippen MR) is 110 cm³/mol. The molecule has 2 N–H and O–H groups in total. The van der Waals surface area contributed by atoms with E-state index in [1.165, 1.54) is 24.1 Å². The molecule has 3 rings (SSSR count). The number of aliphatic carboxylic acids is 1. The van der Waals surface area contributed by atoms with E-state index in [1.54, 1.807) is 4.90 Å². The minimum atomic E-state index is -1.28. The van der Waals surface area contributed by atoms with Crippen molar-refractivity contribution in [1.29, 1.82) is 0 Å². The van der Waals surface area contributed by atoms with Crippen LogP contribution in [-0.2, 0) is 33.6 Å². The van der Waals surface area contributed by atoms with Crippen molar-refractivity contribution in [1.82, 2.24) is 15.2 Å². The van der Waals surface area contributed by atoms with E-state index >= 15 is 0 Å². The van der Waals surface area contributed by atoms with Crippen molar-refractivity contribution >= 4 is 18.0 Å². The minimum absolute atomic E-state index is 0.207. The SMILES string of the molecule is CCCOC(=O)N[C@@H](CC(=O)N1CC(CCc2ccc3c(n2)CCCC3)C1)C(=O)O. The van der Waals surface area contributed by atoms with Crippen LogP contribution in [0.3, 0.4) is 0 Å². The molecule has 1 aromatic heterocycles. The normalized spacial score (nSPS) is 16.9. The Kier molecular flexibility index (Phi) is 7.65. The van der Waals surface area contributed by atoms with Crippen molar-refractivity contribution in [2.45, 2.75) is 64.3 Å². The number of carbonyl (C=O) groups is 3. The van der Waals surface area contributed by atoms with Gasteiger partial charge in [-0.15, -0.1) is 0 Å². The molecule has 164 valence electrons. The Morgan fingerprint density at radius 1 is 1.27 bits per heavy atom. The van der Waals surface area contributed by atoms with E-state index in [4.69, 9.17) is 9.72 Å². The quantitative estimate of drug-likeness (QED) is 0.638. The summed E-state index contributed by atoms with van der Waals surface area (Å²) < 4.78 is 4.84. The maximum Gasteiger partial charge on any atom is 0.407 e. The lowest BCUT2D eigenvalue weighted by atomic mass is 9.92. The van der Waals surface area contributed by atoms with E-state index < -0.39 is 18.1 Å². The molecule has 1 aliphatic heterocycles. The summed E-state index contributed by atoms with van der Waals surface area (Å²) >= 11 is 0. The van der Waals surface area contributed by atoms with E-state index in [0.29, 0.717) is 25.4 Å². The molecule has 0 bridgehead atoms. The van der Waals surface area contributed by atoms with Crippen LogP contribution in [0.25, 0.3) is 0 Å². The molecular formula is C22H31N3O5. The maximum atomic E-state index is 12.4. The highest BCUT2D eigenvalue weighted by Crippen LogP contribution is 2.24. The Morgan fingerprint density at radius 3 is 2.77 bits per heavy atom. The number of alkyl carbamates (subject to hydrolysis) is 1. The topological polar surface area (TPSA) is 109 Å². The highest BCUT2D eigenvalue weighted by molar-refractivity contribution is 5.87. The number of aromatic nitrogens is 1. The molecule has 0 radical (unpaired) electrons. The standard InChI is InChI=1S/C22H31N3O5/c1-2-11-30-22(29)24-19(21(27)28)12-20(26)25-13-15(14-25)7-9-17-10-8-16-5-3-4-6-18(16)23-17/h8,10,15,19H,2-7,9,11-14H2,1H3,(H,24,29)(H,27,28)/t19-/m0/s1. The van der Waals surface area contributed by atoms with Crippen molar-refractivity contribution in [3.8, 4) is 0 Å². The molecule has 0 saturated carbocycles. The van der Waals surface area contributed by atoms with Crippen LogP contribution in [0, 0.1) is 5.92 Å². The molecule has 1 fully saturated rings. The molecular weight excluding hydrogens is 386 g/mol. The van der Waals surface area contributed by atoms with E-state index in [-0.39, 0.29) is 18.9 Å². The maximum absolute atomic E-state index is 12.4. The molecule has 2 heterocycles. The molecule has 1 atom stereocenters. The van der Waals surface area contributed by atoms with Gasteiger partial charge in [-0.2, -0.15) is 0 Å². The van der Waals surface area contributed by atoms with Crippen molar-refractivity contribution in [2.24, 2.45) is 5.92 Å². The van der Waals surface area contributed by atoms with Gasteiger partial charge in [-0.3, -0.25) is 9.78 Å². The summed E-state index contributed by atoms with van der Waals surface area (Å²) in [6.45, 7) is 3.29. The van der Waals surface area contributed by atoms with E-state index in [1.807, 2.05) is 6.92 Å². The Labute approximate surface area is 177 Å². The fraction of sp³-hybridized carbons (Fsp3) is 0.636.